The summed E-state index contributed by atoms with van der Waals surface area (Å²) in [7, 11) is -0.754. The van der Waals surface area contributed by atoms with Gasteiger partial charge < -0.3 is 9.47 Å². The lowest BCUT2D eigenvalue weighted by Gasteiger charge is -2.11. The molecule has 0 saturated heterocycles. The maximum atomic E-state index is 11.4. The first-order valence-corrected chi connectivity index (χ1v) is 8.00. The molecule has 5 heteroatoms. The molecule has 1 heterocycles. The Morgan fingerprint density at radius 2 is 2.11 bits per heavy atom. The topological polar surface area (TPSA) is 35.5 Å². The van der Waals surface area contributed by atoms with Gasteiger partial charge in [-0.3, -0.25) is 4.21 Å². The number of fused-ring (bicyclic) bond motifs is 1. The Balaban J connectivity index is 2.15. The van der Waals surface area contributed by atoms with Crippen molar-refractivity contribution in [1.29, 1.82) is 0 Å². The van der Waals surface area contributed by atoms with Crippen molar-refractivity contribution in [3.8, 4) is 11.5 Å². The van der Waals surface area contributed by atoms with E-state index in [4.69, 9.17) is 21.1 Å². The summed E-state index contributed by atoms with van der Waals surface area (Å²) in [6, 6.07) is 3.82. The van der Waals surface area contributed by atoms with E-state index in [1.807, 2.05) is 19.1 Å². The van der Waals surface area contributed by atoms with Gasteiger partial charge in [0, 0.05) is 28.7 Å². The third-order valence-corrected chi connectivity index (χ3v) is 4.39. The van der Waals surface area contributed by atoms with Gasteiger partial charge in [0.05, 0.1) is 18.2 Å². The van der Waals surface area contributed by atoms with Gasteiger partial charge in [-0.15, -0.1) is 0 Å². The van der Waals surface area contributed by atoms with Gasteiger partial charge in [-0.1, -0.05) is 18.5 Å². The van der Waals surface area contributed by atoms with Crippen LogP contribution in [0.5, 0.6) is 11.5 Å². The average molecular weight is 289 g/mol. The summed E-state index contributed by atoms with van der Waals surface area (Å²) in [5.41, 5.74) is 1.05. The van der Waals surface area contributed by atoms with Crippen LogP contribution in [0.25, 0.3) is 0 Å². The number of halogens is 1. The second-order valence-corrected chi connectivity index (χ2v) is 6.41. The molecule has 0 bridgehead atoms. The smallest absolute Gasteiger partial charge is 0.179 e. The minimum atomic E-state index is -0.754. The summed E-state index contributed by atoms with van der Waals surface area (Å²) in [4.78, 5) is 0. The lowest BCUT2D eigenvalue weighted by atomic mass is 10.1. The summed E-state index contributed by atoms with van der Waals surface area (Å²) < 4.78 is 22.6. The molecule has 1 aliphatic heterocycles. The van der Waals surface area contributed by atoms with E-state index >= 15 is 0 Å². The van der Waals surface area contributed by atoms with Crippen molar-refractivity contribution in [2.24, 2.45) is 0 Å². The van der Waals surface area contributed by atoms with Crippen LogP contribution in [-0.4, -0.2) is 28.9 Å². The van der Waals surface area contributed by atoms with Crippen molar-refractivity contribution in [3.63, 3.8) is 0 Å². The number of benzene rings is 1. The maximum Gasteiger partial charge on any atom is 0.179 e. The Morgan fingerprint density at radius 3 is 2.89 bits per heavy atom. The quantitative estimate of drug-likeness (QED) is 0.855. The van der Waals surface area contributed by atoms with Crippen LogP contribution in [0, 0.1) is 0 Å². The predicted octanol–water partition coefficient (Wildman–Crippen LogP) is 2.81. The zero-order valence-electron chi connectivity index (χ0n) is 10.4. The van der Waals surface area contributed by atoms with E-state index in [9.17, 15) is 4.21 Å². The number of hydrogen-bond acceptors (Lipinski definition) is 3. The molecule has 0 aliphatic carbocycles. The molecule has 100 valence electrons. The number of rotatable bonds is 4. The molecule has 2 rings (SSSR count). The standard InChI is InChI=1S/C13H17ClO3S/c1-2-18(15)7-4-10-8-11(14)13-12(9-10)16-5-3-6-17-13/h8-9H,2-7H2,1H3/t18-/m0/s1. The lowest BCUT2D eigenvalue weighted by Crippen LogP contribution is -2.03. The predicted molar refractivity (Wildman–Crippen MR) is 74.3 cm³/mol. The Morgan fingerprint density at radius 1 is 1.33 bits per heavy atom. The molecule has 0 fully saturated rings. The third-order valence-electron chi connectivity index (χ3n) is 2.80. The number of hydrogen-bond donors (Lipinski definition) is 0. The van der Waals surface area contributed by atoms with Crippen LogP contribution >= 0.6 is 11.6 Å². The fourth-order valence-electron chi connectivity index (χ4n) is 1.80. The lowest BCUT2D eigenvalue weighted by molar-refractivity contribution is 0.297. The Labute approximate surface area is 115 Å². The van der Waals surface area contributed by atoms with E-state index in [1.165, 1.54) is 0 Å². The normalized spacial score (nSPS) is 16.1. The highest BCUT2D eigenvalue weighted by atomic mass is 35.5. The largest absolute Gasteiger partial charge is 0.489 e. The molecular weight excluding hydrogens is 272 g/mol. The monoisotopic (exact) mass is 288 g/mol. The highest BCUT2D eigenvalue weighted by molar-refractivity contribution is 7.84. The Kier molecular flexibility index (Phi) is 4.89. The zero-order chi connectivity index (χ0) is 13.0. The van der Waals surface area contributed by atoms with Crippen LogP contribution in [0.2, 0.25) is 5.02 Å². The van der Waals surface area contributed by atoms with E-state index in [-0.39, 0.29) is 0 Å². The maximum absolute atomic E-state index is 11.4. The first-order valence-electron chi connectivity index (χ1n) is 6.13. The summed E-state index contributed by atoms with van der Waals surface area (Å²) in [5, 5.41) is 0.576. The van der Waals surface area contributed by atoms with Crippen molar-refractivity contribution >= 4 is 22.4 Å². The van der Waals surface area contributed by atoms with Gasteiger partial charge in [0.25, 0.3) is 0 Å². The van der Waals surface area contributed by atoms with E-state index in [0.717, 1.165) is 18.4 Å². The zero-order valence-corrected chi connectivity index (χ0v) is 12.0. The first-order chi connectivity index (χ1) is 8.70. The molecule has 0 spiro atoms. The van der Waals surface area contributed by atoms with E-state index in [2.05, 4.69) is 0 Å². The SMILES string of the molecule is CC[S@](=O)CCc1cc(Cl)c2c(c1)OCCCO2. The average Bonchev–Trinajstić information content (AvgIpc) is 2.61. The molecule has 18 heavy (non-hydrogen) atoms. The van der Waals surface area contributed by atoms with Crippen molar-refractivity contribution < 1.29 is 13.7 Å². The molecule has 1 aromatic rings. The molecule has 1 aromatic carbocycles. The number of ether oxygens (including phenoxy) is 2. The molecule has 0 radical (unpaired) electrons. The van der Waals surface area contributed by atoms with Crippen LogP contribution in [0.3, 0.4) is 0 Å². The molecule has 0 N–H and O–H groups in total. The molecule has 0 amide bonds. The molecule has 0 unspecified atom stereocenters. The van der Waals surface area contributed by atoms with Crippen molar-refractivity contribution in [2.75, 3.05) is 24.7 Å². The molecule has 1 aliphatic rings. The van der Waals surface area contributed by atoms with Crippen LogP contribution in [0.4, 0.5) is 0 Å². The highest BCUT2D eigenvalue weighted by Gasteiger charge is 2.15. The van der Waals surface area contributed by atoms with Gasteiger partial charge in [-0.05, 0) is 24.1 Å². The molecular formula is C13H17ClO3S. The fourth-order valence-corrected chi connectivity index (χ4v) is 2.84. The van der Waals surface area contributed by atoms with Gasteiger partial charge in [-0.25, -0.2) is 0 Å². The number of aryl methyl sites for hydroxylation is 1. The van der Waals surface area contributed by atoms with Crippen molar-refractivity contribution in [1.82, 2.24) is 0 Å². The molecule has 0 aromatic heterocycles. The second kappa shape index (κ2) is 6.43. The summed E-state index contributed by atoms with van der Waals surface area (Å²) in [6.45, 7) is 3.21. The van der Waals surface area contributed by atoms with Crippen LogP contribution in [-0.2, 0) is 17.2 Å². The summed E-state index contributed by atoms with van der Waals surface area (Å²) >= 11 is 6.19. The summed E-state index contributed by atoms with van der Waals surface area (Å²) in [6.07, 6.45) is 1.61. The van der Waals surface area contributed by atoms with Gasteiger partial charge in [-0.2, -0.15) is 0 Å². The first kappa shape index (κ1) is 13.7. The molecule has 0 saturated carbocycles. The van der Waals surface area contributed by atoms with E-state index < -0.39 is 10.8 Å². The Bertz CT molecular complexity index is 448. The van der Waals surface area contributed by atoms with Gasteiger partial charge in [0.15, 0.2) is 11.5 Å². The fraction of sp³-hybridized carbons (Fsp3) is 0.538. The second-order valence-electron chi connectivity index (χ2n) is 4.14. The minimum absolute atomic E-state index is 0.576. The Hall–Kier alpha value is -0.740. The van der Waals surface area contributed by atoms with Crippen molar-refractivity contribution in [2.45, 2.75) is 19.8 Å². The minimum Gasteiger partial charge on any atom is -0.489 e. The van der Waals surface area contributed by atoms with Crippen LogP contribution < -0.4 is 9.47 Å². The van der Waals surface area contributed by atoms with Gasteiger partial charge in [0.2, 0.25) is 0 Å². The van der Waals surface area contributed by atoms with E-state index in [0.29, 0.717) is 41.2 Å². The molecule has 1 atom stereocenters. The van der Waals surface area contributed by atoms with Crippen molar-refractivity contribution in [3.05, 3.63) is 22.7 Å². The summed E-state index contributed by atoms with van der Waals surface area (Å²) in [5.74, 6) is 2.69. The third kappa shape index (κ3) is 3.39. The van der Waals surface area contributed by atoms with Crippen LogP contribution in [0.1, 0.15) is 18.9 Å². The van der Waals surface area contributed by atoms with Gasteiger partial charge >= 0.3 is 0 Å². The highest BCUT2D eigenvalue weighted by Crippen LogP contribution is 2.38. The van der Waals surface area contributed by atoms with Gasteiger partial charge in [0.1, 0.15) is 0 Å². The van der Waals surface area contributed by atoms with E-state index in [1.54, 1.807) is 0 Å². The van der Waals surface area contributed by atoms with Crippen LogP contribution in [0.15, 0.2) is 12.1 Å². The molecule has 3 nitrogen and oxygen atoms in total.